The Balaban J connectivity index is 2.12. The summed E-state index contributed by atoms with van der Waals surface area (Å²) in [5, 5.41) is 0. The number of amides is 1. The second-order valence-corrected chi connectivity index (χ2v) is 7.27. The Kier molecular flexibility index (Phi) is 5.83. The minimum absolute atomic E-state index is 0.0118. The van der Waals surface area contributed by atoms with Crippen LogP contribution in [0.4, 0.5) is 13.2 Å². The van der Waals surface area contributed by atoms with Gasteiger partial charge in [-0.2, -0.15) is 17.5 Å². The average Bonchev–Trinajstić information content (AvgIpc) is 3.05. The van der Waals surface area contributed by atoms with Crippen LogP contribution in [-0.2, 0) is 25.8 Å². The number of rotatable bonds is 6. The Morgan fingerprint density at radius 3 is 2.65 bits per heavy atom. The molecule has 0 aromatic heterocycles. The number of benzene rings is 1. The highest BCUT2D eigenvalue weighted by molar-refractivity contribution is 7.89. The molecule has 9 nitrogen and oxygen atoms in total. The Morgan fingerprint density at radius 1 is 1.35 bits per heavy atom. The van der Waals surface area contributed by atoms with Crippen molar-refractivity contribution in [3.05, 3.63) is 34.7 Å². The average molecular weight is 397 g/mol. The van der Waals surface area contributed by atoms with Gasteiger partial charge in [0.05, 0.1) is 29.1 Å². The van der Waals surface area contributed by atoms with Gasteiger partial charge in [-0.25, -0.2) is 13.3 Å². The maximum atomic E-state index is 12.8. The maximum Gasteiger partial charge on any atom is 0.416 e. The molecule has 26 heavy (non-hydrogen) atoms. The van der Waals surface area contributed by atoms with Crippen LogP contribution < -0.4 is 5.59 Å². The first-order chi connectivity index (χ1) is 12.1. The first-order valence-corrected chi connectivity index (χ1v) is 8.68. The summed E-state index contributed by atoms with van der Waals surface area (Å²) in [6.07, 6.45) is -4.68. The third kappa shape index (κ3) is 4.47. The molecule has 1 aliphatic rings. The highest BCUT2D eigenvalue weighted by Crippen LogP contribution is 2.31. The van der Waals surface area contributed by atoms with Gasteiger partial charge in [0.15, 0.2) is 4.87 Å². The van der Waals surface area contributed by atoms with Crippen molar-refractivity contribution in [2.24, 2.45) is 0 Å². The predicted octanol–water partition coefficient (Wildman–Crippen LogP) is 0.341. The van der Waals surface area contributed by atoms with Crippen LogP contribution in [0.25, 0.3) is 0 Å². The molecule has 1 aliphatic heterocycles. The van der Waals surface area contributed by atoms with Crippen LogP contribution in [0.3, 0.4) is 0 Å². The third-order valence-corrected chi connectivity index (χ3v) is 5.40. The molecular weight excluding hydrogens is 381 g/mol. The number of alkyl halides is 3. The van der Waals surface area contributed by atoms with Crippen LogP contribution in [0.2, 0.25) is 0 Å². The number of nitrogens with one attached hydrogen (secondary N) is 1. The van der Waals surface area contributed by atoms with Gasteiger partial charge in [0, 0.05) is 13.1 Å². The van der Waals surface area contributed by atoms with Gasteiger partial charge in [0.1, 0.15) is 0 Å². The number of nitroso groups, excluding NO2 is 1. The van der Waals surface area contributed by atoms with Crippen molar-refractivity contribution >= 4 is 15.9 Å². The number of hydrogen-bond donors (Lipinski definition) is 1. The Hall–Kier alpha value is -2.25. The molecule has 2 rings (SSSR count). The number of hydrogen-bond acceptors (Lipinski definition) is 5. The second kappa shape index (κ2) is 7.55. The van der Waals surface area contributed by atoms with E-state index in [0.717, 1.165) is 27.4 Å². The summed E-state index contributed by atoms with van der Waals surface area (Å²) in [7, 11) is -3.04. The molecule has 0 atom stereocenters. The topological polar surface area (TPSA) is 99.0 Å². The molecule has 1 fully saturated rings. The monoisotopic (exact) mass is 397 g/mol. The van der Waals surface area contributed by atoms with Crippen molar-refractivity contribution in [3.8, 4) is 0 Å². The van der Waals surface area contributed by atoms with E-state index in [1.807, 2.05) is 5.59 Å². The van der Waals surface area contributed by atoms with Gasteiger partial charge in [-0.05, 0) is 23.8 Å². The van der Waals surface area contributed by atoms with Gasteiger partial charge in [-0.1, -0.05) is 6.07 Å². The molecule has 1 amide bonds. The minimum atomic E-state index is -4.68. The molecular formula is C13H16F3N4O5S+. The number of carbonyl (C=O) groups excluding carboxylic acids is 1. The van der Waals surface area contributed by atoms with E-state index in [-0.39, 0.29) is 24.6 Å². The highest BCUT2D eigenvalue weighted by Gasteiger charge is 2.37. The lowest BCUT2D eigenvalue weighted by Gasteiger charge is -2.18. The zero-order chi connectivity index (χ0) is 19.5. The Labute approximate surface area is 146 Å². The summed E-state index contributed by atoms with van der Waals surface area (Å²) in [5.74, 6) is -0.661. The van der Waals surface area contributed by atoms with Crippen molar-refractivity contribution < 1.29 is 36.1 Å². The predicted molar refractivity (Wildman–Crippen MR) is 80.6 cm³/mol. The molecule has 0 radical (unpaired) electrons. The smallest absolute Gasteiger partial charge is 0.322 e. The van der Waals surface area contributed by atoms with Crippen LogP contribution in [0, 0.1) is 4.91 Å². The molecule has 0 spiro atoms. The number of carbonyl (C=O) groups is 1. The van der Waals surface area contributed by atoms with Crippen LogP contribution in [0.1, 0.15) is 5.56 Å². The summed E-state index contributed by atoms with van der Waals surface area (Å²) in [5.41, 5.74) is 0.795. The number of halogens is 3. The van der Waals surface area contributed by atoms with Gasteiger partial charge in [-0.3, -0.25) is 4.79 Å². The zero-order valence-corrected chi connectivity index (χ0v) is 14.4. The summed E-state index contributed by atoms with van der Waals surface area (Å²) < 4.78 is 64.2. The molecule has 0 unspecified atom stereocenters. The fraction of sp³-hybridized carbons (Fsp3) is 0.462. The van der Waals surface area contributed by atoms with Gasteiger partial charge in [0.25, 0.3) is 5.91 Å². The van der Waals surface area contributed by atoms with Crippen LogP contribution in [0.15, 0.2) is 29.2 Å². The molecule has 1 aromatic rings. The fourth-order valence-corrected chi connectivity index (χ4v) is 3.74. The molecule has 144 valence electrons. The summed E-state index contributed by atoms with van der Waals surface area (Å²) in [6, 6.07) is 3.36. The normalized spacial score (nSPS) is 15.9. The lowest BCUT2D eigenvalue weighted by molar-refractivity contribution is -0.649. The Bertz CT molecular complexity index is 799. The van der Waals surface area contributed by atoms with Crippen LogP contribution in [-0.4, -0.2) is 61.8 Å². The summed E-state index contributed by atoms with van der Waals surface area (Å²) in [4.78, 5) is 28.2. The van der Waals surface area contributed by atoms with E-state index in [1.165, 1.54) is 7.11 Å². The van der Waals surface area contributed by atoms with Crippen LogP contribution >= 0.6 is 0 Å². The first kappa shape index (κ1) is 20.1. The van der Waals surface area contributed by atoms with Gasteiger partial charge in [-0.15, -0.1) is 0 Å². The summed E-state index contributed by atoms with van der Waals surface area (Å²) in [6.45, 7) is -1.07. The molecule has 0 bridgehead atoms. The van der Waals surface area contributed by atoms with E-state index in [1.54, 1.807) is 0 Å². The van der Waals surface area contributed by atoms with E-state index >= 15 is 0 Å². The molecule has 13 heteroatoms. The molecule has 0 saturated carbocycles. The number of hydrazine groups is 1. The van der Waals surface area contributed by atoms with E-state index < -0.39 is 39.1 Å². The van der Waals surface area contributed by atoms with Crippen molar-refractivity contribution in [1.82, 2.24) is 14.8 Å². The molecule has 0 aliphatic carbocycles. The van der Waals surface area contributed by atoms with E-state index in [0.29, 0.717) is 6.07 Å². The van der Waals surface area contributed by atoms with Gasteiger partial charge in [0.2, 0.25) is 10.0 Å². The van der Waals surface area contributed by atoms with E-state index in [4.69, 9.17) is 0 Å². The SMILES string of the molecule is CON[N+](=O)CC(=O)N1CCN(S(=O)(=O)c2cccc(C(F)(F)F)c2)C1. The fourth-order valence-electron chi connectivity index (χ4n) is 2.30. The third-order valence-electron chi connectivity index (χ3n) is 3.57. The number of sulfonamides is 1. The maximum absolute atomic E-state index is 12.8. The minimum Gasteiger partial charge on any atom is -0.322 e. The first-order valence-electron chi connectivity index (χ1n) is 7.24. The zero-order valence-electron chi connectivity index (χ0n) is 13.6. The molecule has 1 N–H and O–H groups in total. The van der Waals surface area contributed by atoms with Crippen LogP contribution in [0.5, 0.6) is 0 Å². The number of nitrogens with zero attached hydrogens (tertiary/aromatic N) is 3. The van der Waals surface area contributed by atoms with Crippen molar-refractivity contribution in [1.29, 1.82) is 0 Å². The van der Waals surface area contributed by atoms with Gasteiger partial charge >= 0.3 is 12.7 Å². The van der Waals surface area contributed by atoms with Gasteiger partial charge < -0.3 is 4.90 Å². The molecule has 1 heterocycles. The standard InChI is InChI=1S/C13H16F3N4O5S/c1-25-17-20(22)8-12(21)18-5-6-19(9-18)26(23,24)11-4-2-3-10(7-11)13(14,15)16/h2-4,7H,5-6,8-9H2,1H3,(H,17,22)/q+1. The molecule has 1 saturated heterocycles. The van der Waals surface area contributed by atoms with Crippen molar-refractivity contribution in [2.75, 3.05) is 33.4 Å². The molecule has 1 aromatic carbocycles. The second-order valence-electron chi connectivity index (χ2n) is 5.34. The largest absolute Gasteiger partial charge is 0.416 e. The lowest BCUT2D eigenvalue weighted by Crippen LogP contribution is -2.40. The highest BCUT2D eigenvalue weighted by atomic mass is 32.2. The quantitative estimate of drug-likeness (QED) is 0.549. The van der Waals surface area contributed by atoms with Crippen molar-refractivity contribution in [2.45, 2.75) is 11.1 Å². The van der Waals surface area contributed by atoms with E-state index in [2.05, 4.69) is 4.84 Å². The lowest BCUT2D eigenvalue weighted by atomic mass is 10.2. The Morgan fingerprint density at radius 2 is 2.04 bits per heavy atom. The van der Waals surface area contributed by atoms with Crippen molar-refractivity contribution in [3.63, 3.8) is 0 Å². The van der Waals surface area contributed by atoms with E-state index in [9.17, 15) is 31.3 Å². The summed E-state index contributed by atoms with van der Waals surface area (Å²) >= 11 is 0.